The van der Waals surface area contributed by atoms with E-state index in [1.165, 1.54) is 0 Å². The quantitative estimate of drug-likeness (QED) is 0.638. The molecule has 17 heavy (non-hydrogen) atoms. The zero-order valence-electron chi connectivity index (χ0n) is 11.6. The Kier molecular flexibility index (Phi) is 7.59. The van der Waals surface area contributed by atoms with Crippen molar-refractivity contribution in [1.29, 1.82) is 0 Å². The summed E-state index contributed by atoms with van der Waals surface area (Å²) in [6.45, 7) is 4.14. The molecule has 0 rings (SSSR count). The van der Waals surface area contributed by atoms with Gasteiger partial charge in [0.2, 0.25) is 11.8 Å². The summed E-state index contributed by atoms with van der Waals surface area (Å²) in [7, 11) is 3.19. The topological polar surface area (TPSA) is 58.2 Å². The van der Waals surface area contributed by atoms with Gasteiger partial charge in [-0.15, -0.1) is 0 Å². The predicted octanol–water partition coefficient (Wildman–Crippen LogP) is 1.85. The smallest absolute Gasteiger partial charge is 0.235 e. The number of amides is 2. The molecule has 0 aromatic rings. The molecular formula is C13H26N2O2. The zero-order valence-corrected chi connectivity index (χ0v) is 11.6. The van der Waals surface area contributed by atoms with E-state index in [9.17, 15) is 9.59 Å². The first-order valence-electron chi connectivity index (χ1n) is 6.53. The molecule has 0 aliphatic carbocycles. The SMILES string of the molecule is CCCCC(CCCC)(C(=O)NC)C(=O)NC. The van der Waals surface area contributed by atoms with Gasteiger partial charge in [0.15, 0.2) is 0 Å². The molecule has 0 bridgehead atoms. The van der Waals surface area contributed by atoms with E-state index in [2.05, 4.69) is 24.5 Å². The Labute approximate surface area is 105 Å². The predicted molar refractivity (Wildman–Crippen MR) is 69.6 cm³/mol. The van der Waals surface area contributed by atoms with E-state index in [4.69, 9.17) is 0 Å². The van der Waals surface area contributed by atoms with Crippen LogP contribution in [0, 0.1) is 5.41 Å². The Morgan fingerprint density at radius 2 is 1.24 bits per heavy atom. The van der Waals surface area contributed by atoms with Crippen LogP contribution in [0.1, 0.15) is 52.4 Å². The molecule has 0 saturated carbocycles. The highest BCUT2D eigenvalue weighted by molar-refractivity contribution is 6.04. The van der Waals surface area contributed by atoms with Crippen molar-refractivity contribution in [3.63, 3.8) is 0 Å². The van der Waals surface area contributed by atoms with Gasteiger partial charge in [-0.1, -0.05) is 39.5 Å². The van der Waals surface area contributed by atoms with Gasteiger partial charge in [0.1, 0.15) is 5.41 Å². The summed E-state index contributed by atoms with van der Waals surface area (Å²) in [5, 5.41) is 5.28. The molecule has 0 heterocycles. The Bertz CT molecular complexity index is 226. The largest absolute Gasteiger partial charge is 0.358 e. The van der Waals surface area contributed by atoms with Gasteiger partial charge in [0.25, 0.3) is 0 Å². The maximum absolute atomic E-state index is 12.1. The van der Waals surface area contributed by atoms with Crippen molar-refractivity contribution in [3.05, 3.63) is 0 Å². The molecule has 0 saturated heterocycles. The number of carbonyl (C=O) groups is 2. The number of rotatable bonds is 8. The summed E-state index contributed by atoms with van der Waals surface area (Å²) in [4.78, 5) is 24.1. The van der Waals surface area contributed by atoms with E-state index in [0.717, 1.165) is 25.7 Å². The minimum absolute atomic E-state index is 0.154. The van der Waals surface area contributed by atoms with Gasteiger partial charge >= 0.3 is 0 Å². The van der Waals surface area contributed by atoms with Gasteiger partial charge in [-0.2, -0.15) is 0 Å². The lowest BCUT2D eigenvalue weighted by Crippen LogP contribution is -2.50. The summed E-state index contributed by atoms with van der Waals surface area (Å²) in [5.41, 5.74) is -0.879. The molecule has 0 fully saturated rings. The third-order valence-electron chi connectivity index (χ3n) is 3.24. The molecule has 2 amide bonds. The molecule has 4 nitrogen and oxygen atoms in total. The Morgan fingerprint density at radius 1 is 0.882 bits per heavy atom. The van der Waals surface area contributed by atoms with E-state index < -0.39 is 5.41 Å². The minimum atomic E-state index is -0.879. The van der Waals surface area contributed by atoms with Crippen LogP contribution < -0.4 is 10.6 Å². The summed E-state index contributed by atoms with van der Waals surface area (Å²) in [6, 6.07) is 0. The third-order valence-corrected chi connectivity index (χ3v) is 3.24. The molecule has 0 unspecified atom stereocenters. The number of hydrogen-bond donors (Lipinski definition) is 2. The first kappa shape index (κ1) is 15.9. The molecule has 0 radical (unpaired) electrons. The molecule has 0 aromatic heterocycles. The first-order chi connectivity index (χ1) is 8.08. The number of nitrogens with one attached hydrogen (secondary N) is 2. The number of unbranched alkanes of at least 4 members (excludes halogenated alkanes) is 2. The van der Waals surface area contributed by atoms with Gasteiger partial charge in [-0.3, -0.25) is 9.59 Å². The fourth-order valence-corrected chi connectivity index (χ4v) is 2.12. The molecule has 2 N–H and O–H groups in total. The second kappa shape index (κ2) is 8.09. The summed E-state index contributed by atoms with van der Waals surface area (Å²) in [6.07, 6.45) is 5.02. The zero-order chi connectivity index (χ0) is 13.3. The van der Waals surface area contributed by atoms with Crippen LogP contribution in [0.5, 0.6) is 0 Å². The van der Waals surface area contributed by atoms with Crippen molar-refractivity contribution in [2.75, 3.05) is 14.1 Å². The van der Waals surface area contributed by atoms with Crippen molar-refractivity contribution in [3.8, 4) is 0 Å². The van der Waals surface area contributed by atoms with Crippen molar-refractivity contribution in [1.82, 2.24) is 10.6 Å². The fourth-order valence-electron chi connectivity index (χ4n) is 2.12. The standard InChI is InChI=1S/C13H26N2O2/c1-5-7-9-13(10-8-6-2,11(16)14-3)12(17)15-4/h5-10H2,1-4H3,(H,14,16)(H,15,17). The van der Waals surface area contributed by atoms with Gasteiger partial charge in [0.05, 0.1) is 0 Å². The van der Waals surface area contributed by atoms with Gasteiger partial charge < -0.3 is 10.6 Å². The molecule has 0 spiro atoms. The van der Waals surface area contributed by atoms with E-state index in [-0.39, 0.29) is 11.8 Å². The monoisotopic (exact) mass is 242 g/mol. The van der Waals surface area contributed by atoms with Crippen molar-refractivity contribution in [2.45, 2.75) is 52.4 Å². The Balaban J connectivity index is 5.04. The van der Waals surface area contributed by atoms with Gasteiger partial charge in [-0.05, 0) is 12.8 Å². The highest BCUT2D eigenvalue weighted by Crippen LogP contribution is 2.32. The molecule has 0 aromatic carbocycles. The second-order valence-corrected chi connectivity index (χ2v) is 4.45. The maximum atomic E-state index is 12.1. The minimum Gasteiger partial charge on any atom is -0.358 e. The third kappa shape index (κ3) is 4.02. The van der Waals surface area contributed by atoms with E-state index in [1.54, 1.807) is 14.1 Å². The molecule has 0 atom stereocenters. The van der Waals surface area contributed by atoms with Crippen LogP contribution in [-0.2, 0) is 9.59 Å². The molecule has 0 aliphatic rings. The highest BCUT2D eigenvalue weighted by atomic mass is 16.2. The molecular weight excluding hydrogens is 216 g/mol. The Hall–Kier alpha value is -1.06. The van der Waals surface area contributed by atoms with Crippen LogP contribution in [-0.4, -0.2) is 25.9 Å². The average Bonchev–Trinajstić information content (AvgIpc) is 2.37. The lowest BCUT2D eigenvalue weighted by Gasteiger charge is -2.30. The summed E-state index contributed by atoms with van der Waals surface area (Å²) < 4.78 is 0. The van der Waals surface area contributed by atoms with Crippen LogP contribution in [0.15, 0.2) is 0 Å². The number of carbonyl (C=O) groups excluding carboxylic acids is 2. The number of hydrogen-bond acceptors (Lipinski definition) is 2. The fraction of sp³-hybridized carbons (Fsp3) is 0.846. The average molecular weight is 242 g/mol. The lowest BCUT2D eigenvalue weighted by molar-refractivity contribution is -0.144. The summed E-state index contributed by atoms with van der Waals surface area (Å²) >= 11 is 0. The highest BCUT2D eigenvalue weighted by Gasteiger charge is 2.43. The van der Waals surface area contributed by atoms with Crippen molar-refractivity contribution in [2.24, 2.45) is 5.41 Å². The van der Waals surface area contributed by atoms with Crippen LogP contribution >= 0.6 is 0 Å². The van der Waals surface area contributed by atoms with Crippen LogP contribution in [0.4, 0.5) is 0 Å². The van der Waals surface area contributed by atoms with E-state index in [0.29, 0.717) is 12.8 Å². The van der Waals surface area contributed by atoms with Gasteiger partial charge in [-0.25, -0.2) is 0 Å². The van der Waals surface area contributed by atoms with Crippen molar-refractivity contribution < 1.29 is 9.59 Å². The van der Waals surface area contributed by atoms with Crippen LogP contribution in [0.25, 0.3) is 0 Å². The molecule has 4 heteroatoms. The maximum Gasteiger partial charge on any atom is 0.235 e. The van der Waals surface area contributed by atoms with Crippen LogP contribution in [0.2, 0.25) is 0 Å². The normalized spacial score (nSPS) is 11.1. The molecule has 100 valence electrons. The van der Waals surface area contributed by atoms with E-state index >= 15 is 0 Å². The molecule has 0 aliphatic heterocycles. The summed E-state index contributed by atoms with van der Waals surface area (Å²) in [5.74, 6) is -0.308. The van der Waals surface area contributed by atoms with Crippen LogP contribution in [0.3, 0.4) is 0 Å². The van der Waals surface area contributed by atoms with E-state index in [1.807, 2.05) is 0 Å². The first-order valence-corrected chi connectivity index (χ1v) is 6.53. The van der Waals surface area contributed by atoms with Crippen molar-refractivity contribution >= 4 is 11.8 Å². The Morgan fingerprint density at radius 3 is 1.47 bits per heavy atom. The second-order valence-electron chi connectivity index (χ2n) is 4.45. The lowest BCUT2D eigenvalue weighted by atomic mass is 9.76. The van der Waals surface area contributed by atoms with Gasteiger partial charge in [0, 0.05) is 14.1 Å².